The summed E-state index contributed by atoms with van der Waals surface area (Å²) in [7, 11) is 0. The smallest absolute Gasteiger partial charge is 0.225 e. The van der Waals surface area contributed by atoms with Crippen molar-refractivity contribution in [3.63, 3.8) is 0 Å². The Morgan fingerprint density at radius 1 is 0.897 bits per heavy atom. The topological polar surface area (TPSA) is 51.2 Å². The maximum atomic E-state index is 12.6. The minimum absolute atomic E-state index is 0.318. The summed E-state index contributed by atoms with van der Waals surface area (Å²) in [5.41, 5.74) is 0. The van der Waals surface area contributed by atoms with Crippen molar-refractivity contribution in [3.05, 3.63) is 0 Å². The lowest BCUT2D eigenvalue weighted by Gasteiger charge is -2.35. The Morgan fingerprint density at radius 3 is 2.14 bits per heavy atom. The number of hydrogen-bond acceptors (Lipinski definition) is 3. The van der Waals surface area contributed by atoms with E-state index in [2.05, 4.69) is 26.9 Å². The predicted molar refractivity (Wildman–Crippen MR) is 118 cm³/mol. The molecule has 2 saturated carbocycles. The van der Waals surface area contributed by atoms with Crippen LogP contribution in [0, 0.1) is 17.8 Å². The number of nitrogens with one attached hydrogen (secondary N) is 1. The molecule has 4 aliphatic rings. The first-order valence-electron chi connectivity index (χ1n) is 12.3. The number of carbonyl (C=O) groups is 1. The van der Waals surface area contributed by atoms with Crippen molar-refractivity contribution in [2.45, 2.75) is 58.3 Å². The number of piperazine rings is 1. The van der Waals surface area contributed by atoms with E-state index in [1.165, 1.54) is 51.6 Å². The summed E-state index contributed by atoms with van der Waals surface area (Å²) in [6.45, 7) is 11.1. The normalized spacial score (nSPS) is 29.3. The van der Waals surface area contributed by atoms with Gasteiger partial charge < -0.3 is 15.1 Å². The molecule has 0 bridgehead atoms. The number of guanidine groups is 1. The van der Waals surface area contributed by atoms with E-state index in [0.717, 1.165) is 76.5 Å². The average Bonchev–Trinajstić information content (AvgIpc) is 3.43. The van der Waals surface area contributed by atoms with E-state index >= 15 is 0 Å². The highest BCUT2D eigenvalue weighted by molar-refractivity contribution is 5.80. The zero-order chi connectivity index (χ0) is 20.1. The Balaban J connectivity index is 1.21. The summed E-state index contributed by atoms with van der Waals surface area (Å²) < 4.78 is 0. The summed E-state index contributed by atoms with van der Waals surface area (Å²) in [4.78, 5) is 24.7. The molecule has 164 valence electrons. The first-order chi connectivity index (χ1) is 14.2. The van der Waals surface area contributed by atoms with Gasteiger partial charge in [-0.25, -0.2) is 0 Å². The van der Waals surface area contributed by atoms with Crippen LogP contribution < -0.4 is 5.32 Å². The molecule has 2 saturated heterocycles. The molecular weight excluding hydrogens is 362 g/mol. The van der Waals surface area contributed by atoms with Crippen LogP contribution in [-0.4, -0.2) is 85.5 Å². The lowest BCUT2D eigenvalue weighted by molar-refractivity contribution is -0.137. The highest BCUT2D eigenvalue weighted by atomic mass is 16.2. The van der Waals surface area contributed by atoms with Crippen LogP contribution in [0.5, 0.6) is 0 Å². The molecule has 0 aromatic heterocycles. The molecule has 6 nitrogen and oxygen atoms in total. The van der Waals surface area contributed by atoms with Crippen LogP contribution in [0.2, 0.25) is 0 Å². The second-order valence-electron chi connectivity index (χ2n) is 9.59. The molecule has 2 heterocycles. The summed E-state index contributed by atoms with van der Waals surface area (Å²) in [6.07, 6.45) is 10.3. The van der Waals surface area contributed by atoms with Gasteiger partial charge in [0.05, 0.1) is 6.54 Å². The molecule has 2 unspecified atom stereocenters. The highest BCUT2D eigenvalue weighted by Crippen LogP contribution is 2.36. The number of fused-ring (bicyclic) bond motifs is 1. The van der Waals surface area contributed by atoms with Gasteiger partial charge in [0.15, 0.2) is 5.96 Å². The number of rotatable bonds is 5. The Hall–Kier alpha value is -1.30. The van der Waals surface area contributed by atoms with Gasteiger partial charge in [0.25, 0.3) is 0 Å². The molecule has 6 heteroatoms. The standard InChI is InChI=1S/C23H41N5O/c1-2-24-23(28-17-20-9-5-6-10-21(20)18-28)25-11-12-26-13-15-27(16-14-26)22(29)19-7-3-4-8-19/h19-21H,2-18H2,1H3,(H,24,25). The largest absolute Gasteiger partial charge is 0.357 e. The number of aliphatic imine (C=N–C) groups is 1. The zero-order valence-corrected chi connectivity index (χ0v) is 18.4. The monoisotopic (exact) mass is 403 g/mol. The van der Waals surface area contributed by atoms with Gasteiger partial charge in [-0.05, 0) is 44.4 Å². The van der Waals surface area contributed by atoms with E-state index in [-0.39, 0.29) is 0 Å². The molecule has 1 N–H and O–H groups in total. The second-order valence-corrected chi connectivity index (χ2v) is 9.59. The molecule has 0 spiro atoms. The number of hydrogen-bond donors (Lipinski definition) is 1. The van der Waals surface area contributed by atoms with Crippen molar-refractivity contribution in [1.29, 1.82) is 0 Å². The second kappa shape index (κ2) is 10.1. The van der Waals surface area contributed by atoms with Crippen molar-refractivity contribution in [3.8, 4) is 0 Å². The summed E-state index contributed by atoms with van der Waals surface area (Å²) in [5, 5.41) is 3.53. The molecule has 2 aliphatic carbocycles. The van der Waals surface area contributed by atoms with Crippen LogP contribution in [0.1, 0.15) is 58.3 Å². The van der Waals surface area contributed by atoms with Crippen molar-refractivity contribution < 1.29 is 4.79 Å². The third-order valence-corrected chi connectivity index (χ3v) is 7.68. The maximum Gasteiger partial charge on any atom is 0.225 e. The molecular formula is C23H41N5O. The van der Waals surface area contributed by atoms with E-state index < -0.39 is 0 Å². The molecule has 0 aromatic carbocycles. The van der Waals surface area contributed by atoms with E-state index in [0.29, 0.717) is 11.8 Å². The predicted octanol–water partition coefficient (Wildman–Crippen LogP) is 2.41. The molecule has 0 aromatic rings. The van der Waals surface area contributed by atoms with Gasteiger partial charge in [-0.15, -0.1) is 0 Å². The minimum atomic E-state index is 0.318. The van der Waals surface area contributed by atoms with Crippen LogP contribution in [0.25, 0.3) is 0 Å². The quantitative estimate of drug-likeness (QED) is 0.566. The summed E-state index contributed by atoms with van der Waals surface area (Å²) in [5.74, 6) is 3.64. The first kappa shape index (κ1) is 21.0. The van der Waals surface area contributed by atoms with E-state index in [1.807, 2.05) is 0 Å². The van der Waals surface area contributed by atoms with Crippen LogP contribution in [0.4, 0.5) is 0 Å². The van der Waals surface area contributed by atoms with E-state index in [9.17, 15) is 4.79 Å². The van der Waals surface area contributed by atoms with Crippen molar-refractivity contribution >= 4 is 11.9 Å². The molecule has 29 heavy (non-hydrogen) atoms. The van der Waals surface area contributed by atoms with Gasteiger partial charge in [-0.1, -0.05) is 25.7 Å². The Kier molecular flexibility index (Phi) is 7.33. The van der Waals surface area contributed by atoms with Crippen LogP contribution in [-0.2, 0) is 4.79 Å². The Labute approximate surface area is 177 Å². The summed E-state index contributed by atoms with van der Waals surface area (Å²) >= 11 is 0. The van der Waals surface area contributed by atoms with Gasteiger partial charge in [0.1, 0.15) is 0 Å². The molecule has 0 radical (unpaired) electrons. The zero-order valence-electron chi connectivity index (χ0n) is 18.4. The molecule has 4 fully saturated rings. The van der Waals surface area contributed by atoms with Crippen molar-refractivity contribution in [1.82, 2.24) is 20.0 Å². The molecule has 2 aliphatic heterocycles. The number of likely N-dealkylation sites (tertiary alicyclic amines) is 1. The van der Waals surface area contributed by atoms with Crippen molar-refractivity contribution in [2.24, 2.45) is 22.7 Å². The van der Waals surface area contributed by atoms with Gasteiger partial charge in [0.2, 0.25) is 5.91 Å². The van der Waals surface area contributed by atoms with Crippen LogP contribution >= 0.6 is 0 Å². The third kappa shape index (κ3) is 5.25. The number of nitrogens with zero attached hydrogens (tertiary/aromatic N) is 4. The first-order valence-corrected chi connectivity index (χ1v) is 12.3. The van der Waals surface area contributed by atoms with Crippen LogP contribution in [0.15, 0.2) is 4.99 Å². The van der Waals surface area contributed by atoms with Crippen LogP contribution in [0.3, 0.4) is 0 Å². The van der Waals surface area contributed by atoms with Gasteiger partial charge in [-0.3, -0.25) is 14.7 Å². The Bertz CT molecular complexity index is 552. The fourth-order valence-electron chi connectivity index (χ4n) is 5.92. The Morgan fingerprint density at radius 2 is 1.52 bits per heavy atom. The van der Waals surface area contributed by atoms with Gasteiger partial charge >= 0.3 is 0 Å². The summed E-state index contributed by atoms with van der Waals surface area (Å²) in [6, 6.07) is 0. The number of carbonyl (C=O) groups excluding carboxylic acids is 1. The fourth-order valence-corrected chi connectivity index (χ4v) is 5.92. The maximum absolute atomic E-state index is 12.6. The minimum Gasteiger partial charge on any atom is -0.357 e. The average molecular weight is 404 g/mol. The van der Waals surface area contributed by atoms with Gasteiger partial charge in [-0.2, -0.15) is 0 Å². The third-order valence-electron chi connectivity index (χ3n) is 7.68. The molecule has 1 amide bonds. The molecule has 4 rings (SSSR count). The fraction of sp³-hybridized carbons (Fsp3) is 0.913. The molecule has 2 atom stereocenters. The SMILES string of the molecule is CCNC(=NCCN1CCN(C(=O)C2CCCC2)CC1)N1CC2CCCCC2C1. The lowest BCUT2D eigenvalue weighted by atomic mass is 9.82. The lowest BCUT2D eigenvalue weighted by Crippen LogP contribution is -2.50. The highest BCUT2D eigenvalue weighted by Gasteiger charge is 2.35. The number of amides is 1. The van der Waals surface area contributed by atoms with E-state index in [4.69, 9.17) is 4.99 Å². The van der Waals surface area contributed by atoms with E-state index in [1.54, 1.807) is 0 Å². The van der Waals surface area contributed by atoms with Gasteiger partial charge in [0, 0.05) is 58.3 Å². The van der Waals surface area contributed by atoms with Crippen molar-refractivity contribution in [2.75, 3.05) is 58.9 Å².